The molecular formula is C31H47N. The van der Waals surface area contributed by atoms with Gasteiger partial charge in [0.05, 0.1) is 0 Å². The van der Waals surface area contributed by atoms with Gasteiger partial charge in [-0.15, -0.1) is 0 Å². The Morgan fingerprint density at radius 3 is 2.09 bits per heavy atom. The third-order valence-corrected chi connectivity index (χ3v) is 6.93. The van der Waals surface area contributed by atoms with Crippen molar-refractivity contribution in [1.29, 1.82) is 0 Å². The average molecular weight is 434 g/mol. The summed E-state index contributed by atoms with van der Waals surface area (Å²) in [5.74, 6) is 0.894. The van der Waals surface area contributed by atoms with Crippen molar-refractivity contribution in [2.24, 2.45) is 5.92 Å². The van der Waals surface area contributed by atoms with E-state index in [2.05, 4.69) is 101 Å². The highest BCUT2D eigenvalue weighted by atomic mass is 15.2. The second-order valence-electron chi connectivity index (χ2n) is 9.52. The first-order valence-electron chi connectivity index (χ1n) is 13.1. The predicted molar refractivity (Wildman–Crippen MR) is 145 cm³/mol. The van der Waals surface area contributed by atoms with Crippen molar-refractivity contribution in [3.63, 3.8) is 0 Å². The molecule has 0 aliphatic rings. The molecule has 0 heterocycles. The summed E-state index contributed by atoms with van der Waals surface area (Å²) in [5, 5.41) is 0. The van der Waals surface area contributed by atoms with Gasteiger partial charge in [0.1, 0.15) is 0 Å². The van der Waals surface area contributed by atoms with Gasteiger partial charge in [-0.25, -0.2) is 0 Å². The van der Waals surface area contributed by atoms with Crippen LogP contribution < -0.4 is 4.90 Å². The highest BCUT2D eigenvalue weighted by Gasteiger charge is 2.14. The molecule has 0 saturated carbocycles. The molecule has 0 aliphatic heterocycles. The fraction of sp³-hybridized carbons (Fsp3) is 0.548. The van der Waals surface area contributed by atoms with E-state index in [4.69, 9.17) is 0 Å². The van der Waals surface area contributed by atoms with E-state index in [9.17, 15) is 0 Å². The van der Waals surface area contributed by atoms with Crippen LogP contribution in [0.3, 0.4) is 0 Å². The largest absolute Gasteiger partial charge is 0.365 e. The van der Waals surface area contributed by atoms with E-state index in [0.717, 1.165) is 25.3 Å². The number of anilines is 1. The summed E-state index contributed by atoms with van der Waals surface area (Å²) in [5.41, 5.74) is 6.86. The van der Waals surface area contributed by atoms with Crippen LogP contribution in [0.15, 0.2) is 48.5 Å². The van der Waals surface area contributed by atoms with Crippen molar-refractivity contribution in [2.75, 3.05) is 4.90 Å². The van der Waals surface area contributed by atoms with Crippen LogP contribution in [0.25, 0.3) is 6.08 Å². The maximum absolute atomic E-state index is 2.55. The fourth-order valence-electron chi connectivity index (χ4n) is 4.60. The number of aryl methyl sites for hydroxylation is 2. The maximum atomic E-state index is 2.55. The molecule has 0 amide bonds. The van der Waals surface area contributed by atoms with Crippen LogP contribution in [0.4, 0.5) is 5.69 Å². The molecule has 1 heteroatoms. The lowest BCUT2D eigenvalue weighted by Gasteiger charge is -2.31. The van der Waals surface area contributed by atoms with Gasteiger partial charge < -0.3 is 4.90 Å². The fourth-order valence-corrected chi connectivity index (χ4v) is 4.60. The van der Waals surface area contributed by atoms with Crippen molar-refractivity contribution in [1.82, 2.24) is 0 Å². The molecule has 0 radical (unpaired) electrons. The van der Waals surface area contributed by atoms with Crippen molar-refractivity contribution < 1.29 is 0 Å². The van der Waals surface area contributed by atoms with Gasteiger partial charge in [-0.3, -0.25) is 0 Å². The lowest BCUT2D eigenvalue weighted by molar-refractivity contribution is 0.414. The summed E-state index contributed by atoms with van der Waals surface area (Å²) in [6.07, 6.45) is 14.9. The highest BCUT2D eigenvalue weighted by molar-refractivity contribution is 5.56. The number of nitrogens with zero attached hydrogens (tertiary/aromatic N) is 1. The first-order valence-corrected chi connectivity index (χ1v) is 13.1. The van der Waals surface area contributed by atoms with Crippen molar-refractivity contribution in [3.05, 3.63) is 70.8 Å². The van der Waals surface area contributed by atoms with Gasteiger partial charge in [-0.05, 0) is 85.9 Å². The minimum atomic E-state index is 0.511. The zero-order valence-corrected chi connectivity index (χ0v) is 21.7. The monoisotopic (exact) mass is 433 g/mol. The van der Waals surface area contributed by atoms with Gasteiger partial charge in [-0.2, -0.15) is 0 Å². The van der Waals surface area contributed by atoms with Gasteiger partial charge in [-0.1, -0.05) is 89.8 Å². The lowest BCUT2D eigenvalue weighted by atomic mass is 9.93. The van der Waals surface area contributed by atoms with E-state index < -0.39 is 0 Å². The van der Waals surface area contributed by atoms with Gasteiger partial charge in [0, 0.05) is 18.3 Å². The summed E-state index contributed by atoms with van der Waals surface area (Å²) < 4.78 is 0. The molecule has 0 aromatic heterocycles. The third kappa shape index (κ3) is 8.15. The molecule has 32 heavy (non-hydrogen) atoms. The molecule has 0 bridgehead atoms. The Hall–Kier alpha value is -2.02. The van der Waals surface area contributed by atoms with Gasteiger partial charge in [0.25, 0.3) is 0 Å². The molecule has 0 spiro atoms. The van der Waals surface area contributed by atoms with Gasteiger partial charge >= 0.3 is 0 Å². The van der Waals surface area contributed by atoms with E-state index in [1.54, 1.807) is 0 Å². The van der Waals surface area contributed by atoms with E-state index in [1.165, 1.54) is 66.5 Å². The summed E-state index contributed by atoms with van der Waals surface area (Å²) >= 11 is 0. The minimum Gasteiger partial charge on any atom is -0.365 e. The van der Waals surface area contributed by atoms with Crippen LogP contribution in [0.2, 0.25) is 0 Å². The number of allylic oxidation sites excluding steroid dienone is 1. The van der Waals surface area contributed by atoms with Crippen LogP contribution in [0.1, 0.15) is 102 Å². The average Bonchev–Trinajstić information content (AvgIpc) is 2.81. The van der Waals surface area contributed by atoms with Crippen molar-refractivity contribution >= 4 is 11.8 Å². The summed E-state index contributed by atoms with van der Waals surface area (Å²) in [4.78, 5) is 2.55. The Morgan fingerprint density at radius 1 is 0.844 bits per heavy atom. The SMILES string of the molecule is CCCC(CCC)CC/C=C\c1cc(CN(c2ccc(CC)cc2)C(C)CC)ccc1C. The third-order valence-electron chi connectivity index (χ3n) is 6.93. The second-order valence-corrected chi connectivity index (χ2v) is 9.52. The molecule has 176 valence electrons. The molecule has 1 unspecified atom stereocenters. The normalized spacial score (nSPS) is 12.6. The molecule has 2 aromatic carbocycles. The van der Waals surface area contributed by atoms with Crippen LogP contribution in [-0.2, 0) is 13.0 Å². The summed E-state index contributed by atoms with van der Waals surface area (Å²) in [6, 6.07) is 16.7. The van der Waals surface area contributed by atoms with E-state index in [1.807, 2.05) is 0 Å². The molecule has 0 N–H and O–H groups in total. The highest BCUT2D eigenvalue weighted by Crippen LogP contribution is 2.24. The predicted octanol–water partition coefficient (Wildman–Crippen LogP) is 9.37. The first kappa shape index (κ1) is 26.2. The Morgan fingerprint density at radius 2 is 1.50 bits per heavy atom. The van der Waals surface area contributed by atoms with Crippen molar-refractivity contribution in [3.8, 4) is 0 Å². The Bertz CT molecular complexity index is 796. The first-order chi connectivity index (χ1) is 15.5. The van der Waals surface area contributed by atoms with E-state index in [-0.39, 0.29) is 0 Å². The number of rotatable bonds is 14. The molecule has 2 rings (SSSR count). The molecule has 1 nitrogen and oxygen atoms in total. The van der Waals surface area contributed by atoms with Gasteiger partial charge in [0.2, 0.25) is 0 Å². The molecule has 2 aromatic rings. The smallest absolute Gasteiger partial charge is 0.0432 e. The van der Waals surface area contributed by atoms with Gasteiger partial charge in [0.15, 0.2) is 0 Å². The van der Waals surface area contributed by atoms with Crippen LogP contribution >= 0.6 is 0 Å². The number of hydrogen-bond acceptors (Lipinski definition) is 1. The quantitative estimate of drug-likeness (QED) is 0.287. The minimum absolute atomic E-state index is 0.511. The zero-order valence-electron chi connectivity index (χ0n) is 21.7. The maximum Gasteiger partial charge on any atom is 0.0432 e. The van der Waals surface area contributed by atoms with Crippen LogP contribution in [0.5, 0.6) is 0 Å². The van der Waals surface area contributed by atoms with E-state index in [0.29, 0.717) is 6.04 Å². The molecule has 0 aliphatic carbocycles. The van der Waals surface area contributed by atoms with Crippen LogP contribution in [-0.4, -0.2) is 6.04 Å². The molecular weight excluding hydrogens is 386 g/mol. The Labute approximate surface area is 198 Å². The lowest BCUT2D eigenvalue weighted by Crippen LogP contribution is -2.32. The zero-order chi connectivity index (χ0) is 23.3. The Balaban J connectivity index is 2.11. The summed E-state index contributed by atoms with van der Waals surface area (Å²) in [7, 11) is 0. The number of hydrogen-bond donors (Lipinski definition) is 0. The topological polar surface area (TPSA) is 3.24 Å². The standard InChI is InChI=1S/C31H47N/c1-7-13-28(14-8-2)15-11-12-16-30-23-29(18-17-25(30)5)24-32(26(6)9-3)31-21-19-27(10-4)20-22-31/h12,16-23,26,28H,7-11,13-15,24H2,1-6H3/b16-12-. The molecule has 0 saturated heterocycles. The van der Waals surface area contributed by atoms with Crippen molar-refractivity contribution in [2.45, 2.75) is 105 Å². The molecule has 1 atom stereocenters. The van der Waals surface area contributed by atoms with E-state index >= 15 is 0 Å². The second kappa shape index (κ2) is 14.2. The van der Waals surface area contributed by atoms with Crippen LogP contribution in [0, 0.1) is 12.8 Å². The number of benzene rings is 2. The molecule has 0 fully saturated rings. The Kier molecular flexibility index (Phi) is 11.6. The summed E-state index contributed by atoms with van der Waals surface area (Å²) in [6.45, 7) is 14.7.